The van der Waals surface area contributed by atoms with Gasteiger partial charge < -0.3 is 24.8 Å². The smallest absolute Gasteiger partial charge is 0.325 e. The molecule has 0 aliphatic carbocycles. The monoisotopic (exact) mass is 248 g/mol. The van der Waals surface area contributed by atoms with E-state index in [1.165, 1.54) is 26.0 Å². The summed E-state index contributed by atoms with van der Waals surface area (Å²) in [6.07, 6.45) is 0. The molecule has 7 heteroatoms. The van der Waals surface area contributed by atoms with E-state index in [1.54, 1.807) is 0 Å². The zero-order valence-corrected chi connectivity index (χ0v) is 10.4. The molecule has 1 atom stereocenters. The normalized spacial score (nSPS) is 11.9. The van der Waals surface area contributed by atoms with E-state index in [0.29, 0.717) is 26.3 Å². The minimum absolute atomic E-state index is 0.387. The molecule has 1 unspecified atom stereocenters. The highest BCUT2D eigenvalue weighted by Gasteiger charge is 2.18. The Labute approximate surface area is 101 Å². The molecular weight excluding hydrogens is 228 g/mol. The highest BCUT2D eigenvalue weighted by atomic mass is 16.5. The van der Waals surface area contributed by atoms with Gasteiger partial charge in [-0.1, -0.05) is 0 Å². The summed E-state index contributed by atoms with van der Waals surface area (Å²) < 4.78 is 9.75. The van der Waals surface area contributed by atoms with Crippen LogP contribution in [0.5, 0.6) is 0 Å². The van der Waals surface area contributed by atoms with Gasteiger partial charge >= 0.3 is 12.0 Å². The van der Waals surface area contributed by atoms with E-state index in [0.717, 1.165) is 0 Å². The summed E-state index contributed by atoms with van der Waals surface area (Å²) in [6, 6.07) is -1.36. The average molecular weight is 248 g/mol. The molecule has 17 heavy (non-hydrogen) atoms. The van der Waals surface area contributed by atoms with Crippen molar-refractivity contribution in [2.24, 2.45) is 0 Å². The zero-order chi connectivity index (χ0) is 13.3. The molecule has 0 bridgehead atoms. The van der Waals surface area contributed by atoms with Crippen LogP contribution in [-0.2, 0) is 14.3 Å². The van der Waals surface area contributed by atoms with E-state index in [4.69, 9.17) is 14.6 Å². The highest BCUT2D eigenvalue weighted by molar-refractivity contribution is 5.82. The van der Waals surface area contributed by atoms with Crippen LogP contribution >= 0.6 is 0 Å². The van der Waals surface area contributed by atoms with Crippen molar-refractivity contribution in [3.8, 4) is 0 Å². The molecule has 0 aromatic rings. The van der Waals surface area contributed by atoms with Crippen LogP contribution in [0.15, 0.2) is 0 Å². The third-order valence-corrected chi connectivity index (χ3v) is 2.13. The fraction of sp³-hybridized carbons (Fsp3) is 0.800. The van der Waals surface area contributed by atoms with Crippen LogP contribution in [0.1, 0.15) is 6.92 Å². The lowest BCUT2D eigenvalue weighted by Crippen LogP contribution is -2.48. The van der Waals surface area contributed by atoms with Gasteiger partial charge in [0.15, 0.2) is 0 Å². The third kappa shape index (κ3) is 6.75. The van der Waals surface area contributed by atoms with E-state index >= 15 is 0 Å². The molecule has 0 fully saturated rings. The van der Waals surface area contributed by atoms with Crippen LogP contribution in [0.25, 0.3) is 0 Å². The van der Waals surface area contributed by atoms with Gasteiger partial charge in [0.25, 0.3) is 0 Å². The Kier molecular flexibility index (Phi) is 8.08. The number of rotatable bonds is 8. The minimum atomic E-state index is -1.07. The largest absolute Gasteiger partial charge is 0.480 e. The number of urea groups is 1. The van der Waals surface area contributed by atoms with Crippen molar-refractivity contribution in [1.29, 1.82) is 0 Å². The second-order valence-electron chi connectivity index (χ2n) is 3.48. The first-order valence-electron chi connectivity index (χ1n) is 5.29. The highest BCUT2D eigenvalue weighted by Crippen LogP contribution is 1.93. The van der Waals surface area contributed by atoms with Crippen LogP contribution in [0.2, 0.25) is 0 Å². The molecule has 0 saturated carbocycles. The summed E-state index contributed by atoms with van der Waals surface area (Å²) in [5.74, 6) is -1.07. The number of carboxylic acid groups (broad SMARTS) is 1. The Morgan fingerprint density at radius 1 is 1.24 bits per heavy atom. The molecular formula is C10H20N2O5. The predicted octanol–water partition coefficient (Wildman–Crippen LogP) is -0.236. The SMILES string of the molecule is COCCN(CCOC)C(=O)NC(C)C(=O)O. The summed E-state index contributed by atoms with van der Waals surface area (Å²) >= 11 is 0. The Morgan fingerprint density at radius 2 is 1.71 bits per heavy atom. The number of methoxy groups -OCH3 is 2. The predicted molar refractivity (Wildman–Crippen MR) is 61.0 cm³/mol. The quantitative estimate of drug-likeness (QED) is 0.619. The fourth-order valence-electron chi connectivity index (χ4n) is 1.06. The van der Waals surface area contributed by atoms with Gasteiger partial charge in [0, 0.05) is 27.3 Å². The molecule has 0 saturated heterocycles. The zero-order valence-electron chi connectivity index (χ0n) is 10.4. The maximum Gasteiger partial charge on any atom is 0.325 e. The number of carbonyl (C=O) groups is 2. The lowest BCUT2D eigenvalue weighted by Gasteiger charge is -2.23. The van der Waals surface area contributed by atoms with Gasteiger partial charge in [-0.25, -0.2) is 4.79 Å². The Bertz CT molecular complexity index is 239. The Hall–Kier alpha value is -1.34. The number of carbonyl (C=O) groups excluding carboxylic acids is 1. The topological polar surface area (TPSA) is 88.1 Å². The maximum absolute atomic E-state index is 11.7. The Balaban J connectivity index is 4.24. The van der Waals surface area contributed by atoms with Crippen molar-refractivity contribution in [3.63, 3.8) is 0 Å². The second kappa shape index (κ2) is 8.77. The fourth-order valence-corrected chi connectivity index (χ4v) is 1.06. The van der Waals surface area contributed by atoms with Crippen molar-refractivity contribution in [2.45, 2.75) is 13.0 Å². The minimum Gasteiger partial charge on any atom is -0.480 e. The molecule has 100 valence electrons. The molecule has 0 rings (SSSR count). The van der Waals surface area contributed by atoms with Crippen molar-refractivity contribution in [2.75, 3.05) is 40.5 Å². The van der Waals surface area contributed by atoms with Crippen molar-refractivity contribution >= 4 is 12.0 Å². The first-order chi connectivity index (χ1) is 8.02. The van der Waals surface area contributed by atoms with Gasteiger partial charge in [-0.2, -0.15) is 0 Å². The molecule has 2 amide bonds. The molecule has 0 heterocycles. The van der Waals surface area contributed by atoms with Crippen molar-refractivity contribution < 1.29 is 24.2 Å². The van der Waals surface area contributed by atoms with Crippen LogP contribution < -0.4 is 5.32 Å². The van der Waals surface area contributed by atoms with E-state index in [1.807, 2.05) is 0 Å². The summed E-state index contributed by atoms with van der Waals surface area (Å²) in [7, 11) is 3.07. The molecule has 0 aliphatic rings. The number of amides is 2. The van der Waals surface area contributed by atoms with Gasteiger partial charge in [0.05, 0.1) is 13.2 Å². The number of hydrogen-bond donors (Lipinski definition) is 2. The summed E-state index contributed by atoms with van der Waals surface area (Å²) in [5.41, 5.74) is 0. The van der Waals surface area contributed by atoms with Gasteiger partial charge in [0.2, 0.25) is 0 Å². The molecule has 0 spiro atoms. The molecule has 0 aromatic heterocycles. The Morgan fingerprint density at radius 3 is 2.06 bits per heavy atom. The summed E-state index contributed by atoms with van der Waals surface area (Å²) in [4.78, 5) is 23.8. The second-order valence-corrected chi connectivity index (χ2v) is 3.48. The van der Waals surface area contributed by atoms with Gasteiger partial charge in [-0.05, 0) is 6.92 Å². The number of carboxylic acids is 1. The lowest BCUT2D eigenvalue weighted by atomic mass is 10.3. The number of nitrogens with zero attached hydrogens (tertiary/aromatic N) is 1. The van der Waals surface area contributed by atoms with Crippen molar-refractivity contribution in [1.82, 2.24) is 10.2 Å². The average Bonchev–Trinajstić information content (AvgIpc) is 2.28. The van der Waals surface area contributed by atoms with E-state index in [9.17, 15) is 9.59 Å². The number of aliphatic carboxylic acids is 1. The van der Waals surface area contributed by atoms with E-state index in [-0.39, 0.29) is 0 Å². The molecule has 0 aromatic carbocycles. The maximum atomic E-state index is 11.7. The number of ether oxygens (including phenoxy) is 2. The van der Waals surface area contributed by atoms with E-state index < -0.39 is 18.0 Å². The summed E-state index contributed by atoms with van der Waals surface area (Å²) in [5, 5.41) is 11.1. The first kappa shape index (κ1) is 15.7. The molecule has 2 N–H and O–H groups in total. The summed E-state index contributed by atoms with van der Waals surface area (Å²) in [6.45, 7) is 2.96. The standard InChI is InChI=1S/C10H20N2O5/c1-8(9(13)14)11-10(15)12(4-6-16-2)5-7-17-3/h8H,4-7H2,1-3H3,(H,11,15)(H,13,14). The van der Waals surface area contributed by atoms with Crippen LogP contribution in [0.4, 0.5) is 4.79 Å². The number of hydrogen-bond acceptors (Lipinski definition) is 4. The molecule has 0 aliphatic heterocycles. The van der Waals surface area contributed by atoms with Crippen LogP contribution in [0, 0.1) is 0 Å². The van der Waals surface area contributed by atoms with E-state index in [2.05, 4.69) is 5.32 Å². The molecule has 7 nitrogen and oxygen atoms in total. The first-order valence-corrected chi connectivity index (χ1v) is 5.29. The third-order valence-electron chi connectivity index (χ3n) is 2.13. The van der Waals surface area contributed by atoms with Gasteiger partial charge in [0.1, 0.15) is 6.04 Å². The van der Waals surface area contributed by atoms with Crippen LogP contribution in [0.3, 0.4) is 0 Å². The number of nitrogens with one attached hydrogen (secondary N) is 1. The van der Waals surface area contributed by atoms with Gasteiger partial charge in [-0.15, -0.1) is 0 Å². The van der Waals surface area contributed by atoms with Crippen molar-refractivity contribution in [3.05, 3.63) is 0 Å². The lowest BCUT2D eigenvalue weighted by molar-refractivity contribution is -0.138. The molecule has 0 radical (unpaired) electrons. The van der Waals surface area contributed by atoms with Gasteiger partial charge in [-0.3, -0.25) is 4.79 Å². The van der Waals surface area contributed by atoms with Crippen LogP contribution in [-0.4, -0.2) is 68.6 Å².